The molecule has 0 aliphatic rings. The Morgan fingerprint density at radius 3 is 2.48 bits per heavy atom. The molecule has 3 rings (SSSR count). The standard InChI is InChI=1S/C23H21Cl2F2N3O/c24-20-6-1-5-19(22(20)25)21(7-2-8-28)30(14-15-4-3-9-29-13-15)23(31)16-10-17(26)12-18(27)11-16/h1,3-6,9-13,21H,2,7-8,14,28H2/t21-/m0/s1. The van der Waals surface area contributed by atoms with Crippen LogP contribution in [0, 0.1) is 11.6 Å². The van der Waals surface area contributed by atoms with Crippen molar-refractivity contribution in [2.75, 3.05) is 6.54 Å². The van der Waals surface area contributed by atoms with E-state index in [2.05, 4.69) is 4.98 Å². The van der Waals surface area contributed by atoms with Gasteiger partial charge in [0.1, 0.15) is 11.6 Å². The lowest BCUT2D eigenvalue weighted by Gasteiger charge is -2.33. The zero-order chi connectivity index (χ0) is 22.4. The molecule has 1 heterocycles. The molecule has 0 spiro atoms. The minimum absolute atomic E-state index is 0.0997. The van der Waals surface area contributed by atoms with Crippen molar-refractivity contribution in [2.24, 2.45) is 5.73 Å². The molecule has 0 fully saturated rings. The van der Waals surface area contributed by atoms with Gasteiger partial charge in [0.15, 0.2) is 0 Å². The zero-order valence-corrected chi connectivity index (χ0v) is 18.1. The molecule has 2 N–H and O–H groups in total. The lowest BCUT2D eigenvalue weighted by molar-refractivity contribution is 0.0645. The highest BCUT2D eigenvalue weighted by atomic mass is 35.5. The van der Waals surface area contributed by atoms with E-state index in [0.29, 0.717) is 35.0 Å². The Hall–Kier alpha value is -2.54. The molecule has 0 aliphatic heterocycles. The van der Waals surface area contributed by atoms with Gasteiger partial charge in [-0.2, -0.15) is 0 Å². The first kappa shape index (κ1) is 23.1. The fraction of sp³-hybridized carbons (Fsp3) is 0.217. The fourth-order valence-corrected chi connectivity index (χ4v) is 3.86. The summed E-state index contributed by atoms with van der Waals surface area (Å²) in [6, 6.07) is 11.0. The van der Waals surface area contributed by atoms with Crippen LogP contribution in [0.5, 0.6) is 0 Å². The molecule has 31 heavy (non-hydrogen) atoms. The maximum absolute atomic E-state index is 13.8. The Labute approximate surface area is 189 Å². The van der Waals surface area contributed by atoms with E-state index in [4.69, 9.17) is 28.9 Å². The van der Waals surface area contributed by atoms with Crippen LogP contribution in [0.15, 0.2) is 60.9 Å². The van der Waals surface area contributed by atoms with Crippen LogP contribution < -0.4 is 5.73 Å². The highest BCUT2D eigenvalue weighted by Crippen LogP contribution is 2.37. The number of rotatable bonds is 8. The predicted octanol–water partition coefficient (Wildman–Crippen LogP) is 5.79. The Balaban J connectivity index is 2.10. The number of nitrogens with zero attached hydrogens (tertiary/aromatic N) is 2. The summed E-state index contributed by atoms with van der Waals surface area (Å²) in [6.45, 7) is 0.557. The van der Waals surface area contributed by atoms with Crippen molar-refractivity contribution >= 4 is 29.1 Å². The maximum Gasteiger partial charge on any atom is 0.254 e. The predicted molar refractivity (Wildman–Crippen MR) is 118 cm³/mol. The van der Waals surface area contributed by atoms with Gasteiger partial charge < -0.3 is 10.6 Å². The van der Waals surface area contributed by atoms with Crippen molar-refractivity contribution in [2.45, 2.75) is 25.4 Å². The van der Waals surface area contributed by atoms with Crippen molar-refractivity contribution in [1.82, 2.24) is 9.88 Å². The molecule has 0 saturated heterocycles. The molecular weight excluding hydrogens is 443 g/mol. The molecule has 0 aliphatic carbocycles. The number of benzene rings is 2. The van der Waals surface area contributed by atoms with Crippen molar-refractivity contribution < 1.29 is 13.6 Å². The minimum Gasteiger partial charge on any atom is -0.330 e. The average molecular weight is 464 g/mol. The number of aromatic nitrogens is 1. The third kappa shape index (κ3) is 5.79. The molecule has 2 aromatic carbocycles. The van der Waals surface area contributed by atoms with Crippen molar-refractivity contribution in [3.8, 4) is 0 Å². The topological polar surface area (TPSA) is 59.2 Å². The van der Waals surface area contributed by atoms with Gasteiger partial charge in [-0.15, -0.1) is 0 Å². The van der Waals surface area contributed by atoms with Gasteiger partial charge in [0, 0.05) is 30.6 Å². The highest BCUT2D eigenvalue weighted by Gasteiger charge is 2.29. The Kier molecular flexibility index (Phi) is 7.96. The summed E-state index contributed by atoms with van der Waals surface area (Å²) in [5.74, 6) is -2.20. The number of carbonyl (C=O) groups excluding carboxylic acids is 1. The van der Waals surface area contributed by atoms with E-state index in [1.165, 1.54) is 4.90 Å². The molecule has 0 bridgehead atoms. The van der Waals surface area contributed by atoms with E-state index in [0.717, 1.165) is 23.8 Å². The summed E-state index contributed by atoms with van der Waals surface area (Å²) in [5, 5.41) is 0.670. The molecule has 1 amide bonds. The molecule has 1 aromatic heterocycles. The first-order valence-electron chi connectivity index (χ1n) is 9.70. The van der Waals surface area contributed by atoms with Crippen LogP contribution in [-0.4, -0.2) is 22.3 Å². The smallest absolute Gasteiger partial charge is 0.254 e. The molecule has 162 valence electrons. The van der Waals surface area contributed by atoms with E-state index in [1.54, 1.807) is 36.7 Å². The molecule has 3 aromatic rings. The third-order valence-electron chi connectivity index (χ3n) is 4.84. The average Bonchev–Trinajstić information content (AvgIpc) is 2.75. The summed E-state index contributed by atoms with van der Waals surface area (Å²) in [7, 11) is 0. The van der Waals surface area contributed by atoms with E-state index in [1.807, 2.05) is 6.07 Å². The first-order chi connectivity index (χ1) is 14.9. The van der Waals surface area contributed by atoms with Crippen LogP contribution in [0.1, 0.15) is 40.4 Å². The number of halogens is 4. The van der Waals surface area contributed by atoms with E-state index >= 15 is 0 Å². The number of carbonyl (C=O) groups is 1. The van der Waals surface area contributed by atoms with Gasteiger partial charge in [0.2, 0.25) is 0 Å². The number of hydrogen-bond acceptors (Lipinski definition) is 3. The molecule has 1 atom stereocenters. The van der Waals surface area contributed by atoms with Gasteiger partial charge in [-0.1, -0.05) is 41.4 Å². The molecule has 0 unspecified atom stereocenters. The van der Waals surface area contributed by atoms with E-state index in [-0.39, 0.29) is 12.1 Å². The normalized spacial score (nSPS) is 11.9. The minimum atomic E-state index is -0.830. The molecular formula is C23H21Cl2F2N3O. The summed E-state index contributed by atoms with van der Waals surface area (Å²) in [5.41, 5.74) is 7.02. The van der Waals surface area contributed by atoms with Crippen LogP contribution >= 0.6 is 23.2 Å². The molecule has 0 saturated carbocycles. The lowest BCUT2D eigenvalue weighted by atomic mass is 9.98. The van der Waals surface area contributed by atoms with Gasteiger partial charge in [0.05, 0.1) is 16.1 Å². The van der Waals surface area contributed by atoms with Gasteiger partial charge in [-0.3, -0.25) is 9.78 Å². The molecule has 0 radical (unpaired) electrons. The van der Waals surface area contributed by atoms with Crippen molar-refractivity contribution in [3.63, 3.8) is 0 Å². The number of nitrogens with two attached hydrogens (primary N) is 1. The van der Waals surface area contributed by atoms with Crippen molar-refractivity contribution in [3.05, 3.63) is 99.3 Å². The van der Waals surface area contributed by atoms with Gasteiger partial charge >= 0.3 is 0 Å². The summed E-state index contributed by atoms with van der Waals surface area (Å²) in [6.07, 6.45) is 4.34. The van der Waals surface area contributed by atoms with Gasteiger partial charge in [-0.05, 0) is 54.8 Å². The molecule has 4 nitrogen and oxygen atoms in total. The second-order valence-electron chi connectivity index (χ2n) is 7.04. The largest absolute Gasteiger partial charge is 0.330 e. The van der Waals surface area contributed by atoms with Crippen LogP contribution in [0.4, 0.5) is 8.78 Å². The maximum atomic E-state index is 13.8. The van der Waals surface area contributed by atoms with Gasteiger partial charge in [-0.25, -0.2) is 8.78 Å². The number of hydrogen-bond donors (Lipinski definition) is 1. The zero-order valence-electron chi connectivity index (χ0n) is 16.6. The Bertz CT molecular complexity index is 1030. The van der Waals surface area contributed by atoms with Crippen molar-refractivity contribution in [1.29, 1.82) is 0 Å². The van der Waals surface area contributed by atoms with E-state index in [9.17, 15) is 13.6 Å². The first-order valence-corrected chi connectivity index (χ1v) is 10.5. The third-order valence-corrected chi connectivity index (χ3v) is 5.68. The second-order valence-corrected chi connectivity index (χ2v) is 7.83. The second kappa shape index (κ2) is 10.7. The number of amides is 1. The van der Waals surface area contributed by atoms with Crippen LogP contribution in [0.3, 0.4) is 0 Å². The number of pyridine rings is 1. The summed E-state index contributed by atoms with van der Waals surface area (Å²) >= 11 is 12.7. The van der Waals surface area contributed by atoms with E-state index < -0.39 is 23.6 Å². The van der Waals surface area contributed by atoms with Crippen LogP contribution in [0.25, 0.3) is 0 Å². The molecule has 8 heteroatoms. The quantitative estimate of drug-likeness (QED) is 0.459. The summed E-state index contributed by atoms with van der Waals surface area (Å²) < 4.78 is 27.7. The highest BCUT2D eigenvalue weighted by molar-refractivity contribution is 6.42. The lowest BCUT2D eigenvalue weighted by Crippen LogP contribution is -2.35. The fourth-order valence-electron chi connectivity index (χ4n) is 3.42. The SMILES string of the molecule is NCCC[C@@H](c1cccc(Cl)c1Cl)N(Cc1cccnc1)C(=O)c1cc(F)cc(F)c1. The van der Waals surface area contributed by atoms with Gasteiger partial charge in [0.25, 0.3) is 5.91 Å². The summed E-state index contributed by atoms with van der Waals surface area (Å²) in [4.78, 5) is 19.1. The van der Waals surface area contributed by atoms with Crippen LogP contribution in [-0.2, 0) is 6.54 Å². The van der Waals surface area contributed by atoms with Crippen LogP contribution in [0.2, 0.25) is 10.0 Å². The Morgan fingerprint density at radius 1 is 1.10 bits per heavy atom. The monoisotopic (exact) mass is 463 g/mol. The Morgan fingerprint density at radius 2 is 1.84 bits per heavy atom.